The van der Waals surface area contributed by atoms with Crippen LogP contribution in [-0.2, 0) is 11.2 Å². The van der Waals surface area contributed by atoms with Gasteiger partial charge in [-0.25, -0.2) is 4.98 Å². The Balaban J connectivity index is 1.46. The lowest BCUT2D eigenvalue weighted by Gasteiger charge is -2.56. The van der Waals surface area contributed by atoms with Gasteiger partial charge in [-0.3, -0.25) is 4.79 Å². The Bertz CT molecular complexity index is 444. The first-order chi connectivity index (χ1) is 9.21. The first-order valence-electron chi connectivity index (χ1n) is 7.61. The van der Waals surface area contributed by atoms with E-state index >= 15 is 0 Å². The monoisotopic (exact) mass is 275 g/mol. The lowest BCUT2D eigenvalue weighted by Crippen LogP contribution is -2.47. The number of Topliss-reactive ketones (excluding diaryl/α,β-unsaturated/α-hetero) is 1. The highest BCUT2D eigenvalue weighted by Gasteiger charge is 2.51. The van der Waals surface area contributed by atoms with Crippen LogP contribution in [0.5, 0.6) is 0 Å². The smallest absolute Gasteiger partial charge is 0.140 e. The lowest BCUT2D eigenvalue weighted by atomic mass is 9.48. The second kappa shape index (κ2) is 4.41. The molecule has 0 amide bonds. The second-order valence-electron chi connectivity index (χ2n) is 7.24. The van der Waals surface area contributed by atoms with Gasteiger partial charge in [-0.15, -0.1) is 11.3 Å². The predicted molar refractivity (Wildman–Crippen MR) is 76.0 cm³/mol. The number of nitrogens with zero attached hydrogens (tertiary/aromatic N) is 1. The molecule has 0 unspecified atom stereocenters. The van der Waals surface area contributed by atoms with Gasteiger partial charge in [0.1, 0.15) is 5.78 Å². The van der Waals surface area contributed by atoms with Gasteiger partial charge in [0.2, 0.25) is 0 Å². The van der Waals surface area contributed by atoms with Crippen LogP contribution in [0.4, 0.5) is 0 Å². The van der Waals surface area contributed by atoms with Crippen molar-refractivity contribution < 1.29 is 4.79 Å². The Morgan fingerprint density at radius 2 is 1.84 bits per heavy atom. The summed E-state index contributed by atoms with van der Waals surface area (Å²) < 4.78 is 0. The molecule has 0 aromatic carbocycles. The molecule has 0 N–H and O–H groups in total. The van der Waals surface area contributed by atoms with E-state index in [1.165, 1.54) is 38.5 Å². The van der Waals surface area contributed by atoms with E-state index in [4.69, 9.17) is 0 Å². The van der Waals surface area contributed by atoms with Crippen LogP contribution in [0.3, 0.4) is 0 Å². The molecule has 4 bridgehead atoms. The van der Waals surface area contributed by atoms with Crippen molar-refractivity contribution in [2.45, 2.75) is 51.4 Å². The van der Waals surface area contributed by atoms with Gasteiger partial charge in [-0.05, 0) is 61.7 Å². The van der Waals surface area contributed by atoms with Crippen LogP contribution in [0.2, 0.25) is 0 Å². The van der Waals surface area contributed by atoms with Crippen LogP contribution in [0.25, 0.3) is 0 Å². The Kier molecular flexibility index (Phi) is 2.80. The lowest BCUT2D eigenvalue weighted by molar-refractivity contribution is -0.126. The highest BCUT2D eigenvalue weighted by atomic mass is 32.1. The Morgan fingerprint density at radius 1 is 1.21 bits per heavy atom. The molecule has 4 fully saturated rings. The number of rotatable bonds is 4. The number of carbonyl (C=O) groups is 1. The maximum absolute atomic E-state index is 12.4. The summed E-state index contributed by atoms with van der Waals surface area (Å²) in [5.74, 6) is 3.26. The average Bonchev–Trinajstić information content (AvgIpc) is 2.78. The van der Waals surface area contributed by atoms with Crippen LogP contribution in [0, 0.1) is 23.2 Å². The molecule has 3 heteroatoms. The number of aromatic nitrogens is 1. The third-order valence-corrected chi connectivity index (χ3v) is 6.35. The first-order valence-corrected chi connectivity index (χ1v) is 8.49. The Hall–Kier alpha value is -0.700. The molecule has 0 saturated heterocycles. The fourth-order valence-electron chi connectivity index (χ4n) is 5.50. The van der Waals surface area contributed by atoms with Crippen molar-refractivity contribution >= 4 is 17.1 Å². The molecule has 1 heterocycles. The van der Waals surface area contributed by atoms with Crippen molar-refractivity contribution in [2.24, 2.45) is 23.2 Å². The van der Waals surface area contributed by atoms with Crippen molar-refractivity contribution in [3.05, 3.63) is 16.6 Å². The summed E-state index contributed by atoms with van der Waals surface area (Å²) in [4.78, 5) is 16.6. The Morgan fingerprint density at radius 3 is 2.37 bits per heavy atom. The van der Waals surface area contributed by atoms with E-state index in [0.717, 1.165) is 29.2 Å². The van der Waals surface area contributed by atoms with E-state index in [0.29, 0.717) is 17.6 Å². The fraction of sp³-hybridized carbons (Fsp3) is 0.750. The molecule has 1 aromatic rings. The average molecular weight is 275 g/mol. The topological polar surface area (TPSA) is 30.0 Å². The number of hydrogen-bond acceptors (Lipinski definition) is 3. The van der Waals surface area contributed by atoms with Crippen molar-refractivity contribution in [3.63, 3.8) is 0 Å². The molecule has 5 rings (SSSR count). The number of thiazole rings is 1. The minimum atomic E-state index is 0.392. The van der Waals surface area contributed by atoms with Gasteiger partial charge in [0, 0.05) is 18.0 Å². The summed E-state index contributed by atoms with van der Waals surface area (Å²) in [6.07, 6.45) is 11.6. The van der Waals surface area contributed by atoms with Gasteiger partial charge < -0.3 is 0 Å². The summed E-state index contributed by atoms with van der Waals surface area (Å²) in [6.45, 7) is 0. The number of hydrogen-bond donors (Lipinski definition) is 0. The maximum Gasteiger partial charge on any atom is 0.140 e. The fourth-order valence-corrected chi connectivity index (χ4v) is 6.14. The van der Waals surface area contributed by atoms with E-state index in [9.17, 15) is 4.79 Å². The molecule has 2 nitrogen and oxygen atoms in total. The molecule has 0 spiro atoms. The van der Waals surface area contributed by atoms with Crippen LogP contribution < -0.4 is 0 Å². The molecule has 0 aliphatic heterocycles. The van der Waals surface area contributed by atoms with Gasteiger partial charge in [0.05, 0.1) is 11.4 Å². The summed E-state index contributed by atoms with van der Waals surface area (Å²) in [5, 5.41) is 2.96. The quantitative estimate of drug-likeness (QED) is 0.835. The predicted octanol–water partition coefficient (Wildman–Crippen LogP) is 3.86. The van der Waals surface area contributed by atoms with Gasteiger partial charge in [-0.1, -0.05) is 0 Å². The first kappa shape index (κ1) is 12.1. The zero-order valence-electron chi connectivity index (χ0n) is 11.3. The minimum absolute atomic E-state index is 0.392. The van der Waals surface area contributed by atoms with Crippen molar-refractivity contribution in [3.8, 4) is 0 Å². The normalized spacial score (nSPS) is 39.7. The third-order valence-electron chi connectivity index (χ3n) is 5.57. The largest absolute Gasteiger partial charge is 0.299 e. The van der Waals surface area contributed by atoms with E-state index in [1.54, 1.807) is 17.5 Å². The Labute approximate surface area is 118 Å². The molecule has 0 atom stereocenters. The van der Waals surface area contributed by atoms with Crippen LogP contribution in [0.15, 0.2) is 11.6 Å². The number of ketones is 1. The molecule has 1 aromatic heterocycles. The highest BCUT2D eigenvalue weighted by molar-refractivity contribution is 7.09. The van der Waals surface area contributed by atoms with E-state index < -0.39 is 0 Å². The minimum Gasteiger partial charge on any atom is -0.299 e. The molecule has 102 valence electrons. The highest BCUT2D eigenvalue weighted by Crippen LogP contribution is 2.61. The zero-order chi connectivity index (χ0) is 12.9. The molecule has 0 radical (unpaired) electrons. The molecular weight excluding hydrogens is 254 g/mol. The molecule has 4 aliphatic rings. The molecule has 19 heavy (non-hydrogen) atoms. The van der Waals surface area contributed by atoms with E-state index in [-0.39, 0.29) is 0 Å². The van der Waals surface area contributed by atoms with Crippen molar-refractivity contribution in [1.29, 1.82) is 0 Å². The maximum atomic E-state index is 12.4. The standard InChI is InChI=1S/C16H21NOS/c18-14(6-15-17-1-2-19-15)10-16-7-11-3-12(8-16)5-13(4-11)9-16/h1-2,11-13H,3-10H2. The van der Waals surface area contributed by atoms with Gasteiger partial charge in [-0.2, -0.15) is 0 Å². The summed E-state index contributed by atoms with van der Waals surface area (Å²) in [7, 11) is 0. The van der Waals surface area contributed by atoms with Crippen molar-refractivity contribution in [1.82, 2.24) is 4.98 Å². The zero-order valence-corrected chi connectivity index (χ0v) is 12.1. The van der Waals surface area contributed by atoms with E-state index in [2.05, 4.69) is 4.98 Å². The summed E-state index contributed by atoms with van der Waals surface area (Å²) in [5.41, 5.74) is 0.392. The van der Waals surface area contributed by atoms with E-state index in [1.807, 2.05) is 5.38 Å². The van der Waals surface area contributed by atoms with Gasteiger partial charge >= 0.3 is 0 Å². The number of carbonyl (C=O) groups excluding carboxylic acids is 1. The van der Waals surface area contributed by atoms with Crippen LogP contribution in [0.1, 0.15) is 50.0 Å². The summed E-state index contributed by atoms with van der Waals surface area (Å²) >= 11 is 1.61. The molecule has 4 aliphatic carbocycles. The van der Waals surface area contributed by atoms with Gasteiger partial charge in [0.15, 0.2) is 0 Å². The SMILES string of the molecule is O=C(Cc1nccs1)CC12CC3CC(CC(C3)C1)C2. The third kappa shape index (κ3) is 2.26. The van der Waals surface area contributed by atoms with Crippen molar-refractivity contribution in [2.75, 3.05) is 0 Å². The molecular formula is C16H21NOS. The summed E-state index contributed by atoms with van der Waals surface area (Å²) in [6, 6.07) is 0. The van der Waals surface area contributed by atoms with Crippen LogP contribution >= 0.6 is 11.3 Å². The second-order valence-corrected chi connectivity index (χ2v) is 8.21. The van der Waals surface area contributed by atoms with Crippen LogP contribution in [-0.4, -0.2) is 10.8 Å². The van der Waals surface area contributed by atoms with Gasteiger partial charge in [0.25, 0.3) is 0 Å². The molecule has 4 saturated carbocycles.